The van der Waals surface area contributed by atoms with Gasteiger partial charge in [-0.2, -0.15) is 5.26 Å². The van der Waals surface area contributed by atoms with Crippen molar-refractivity contribution in [1.29, 1.82) is 5.26 Å². The number of hydrogen-bond donors (Lipinski definition) is 1. The molecule has 6 aromatic carbocycles. The number of nitriles is 1. The molecule has 3 aliphatic rings. The van der Waals surface area contributed by atoms with Crippen LogP contribution in [0.5, 0.6) is 0 Å². The number of rotatable bonds is 2. The van der Waals surface area contributed by atoms with E-state index in [2.05, 4.69) is 149 Å². The Bertz CT molecular complexity index is 2310. The van der Waals surface area contributed by atoms with Gasteiger partial charge in [-0.05, 0) is 108 Å². The molecule has 6 aromatic rings. The van der Waals surface area contributed by atoms with Crippen LogP contribution in [0.25, 0.3) is 33.4 Å². The van der Waals surface area contributed by atoms with E-state index < -0.39 is 5.41 Å². The van der Waals surface area contributed by atoms with Gasteiger partial charge in [-0.25, -0.2) is 0 Å². The smallest absolute Gasteiger partial charge is 0.0991 e. The van der Waals surface area contributed by atoms with E-state index in [1.807, 2.05) is 6.07 Å². The summed E-state index contributed by atoms with van der Waals surface area (Å²) in [6.07, 6.45) is 0. The summed E-state index contributed by atoms with van der Waals surface area (Å²) < 4.78 is 0. The van der Waals surface area contributed by atoms with Crippen LogP contribution in [0.1, 0.15) is 83.3 Å². The first kappa shape index (κ1) is 28.0. The quantitative estimate of drug-likeness (QED) is 0.213. The molecule has 0 bridgehead atoms. The lowest BCUT2D eigenvalue weighted by atomic mass is 9.55. The lowest BCUT2D eigenvalue weighted by molar-refractivity contribution is 0.563. The van der Waals surface area contributed by atoms with E-state index in [1.54, 1.807) is 0 Å². The second kappa shape index (κ2) is 9.41. The molecule has 2 nitrogen and oxygen atoms in total. The molecule has 0 saturated heterocycles. The lowest BCUT2D eigenvalue weighted by Crippen LogP contribution is -2.40. The molecule has 0 heterocycles. The molecular weight excluding hydrogens is 569 g/mol. The summed E-state index contributed by atoms with van der Waals surface area (Å²) in [6.45, 7) is 9.76. The molecule has 0 radical (unpaired) electrons. The third kappa shape index (κ3) is 3.42. The first-order chi connectivity index (χ1) is 22.7. The molecule has 0 saturated carbocycles. The maximum absolute atomic E-state index is 9.60. The third-order valence-corrected chi connectivity index (χ3v) is 11.6. The molecule has 0 aromatic heterocycles. The van der Waals surface area contributed by atoms with Gasteiger partial charge in [-0.1, -0.05) is 125 Å². The molecule has 0 unspecified atom stereocenters. The average molecular weight is 605 g/mol. The minimum absolute atomic E-state index is 0.129. The van der Waals surface area contributed by atoms with Crippen LogP contribution in [0.3, 0.4) is 0 Å². The van der Waals surface area contributed by atoms with E-state index in [9.17, 15) is 5.26 Å². The zero-order valence-electron chi connectivity index (χ0n) is 27.3. The molecule has 1 spiro atoms. The van der Waals surface area contributed by atoms with Crippen LogP contribution in [0.15, 0.2) is 121 Å². The zero-order chi connectivity index (χ0) is 32.3. The van der Waals surface area contributed by atoms with Crippen molar-refractivity contribution >= 4 is 0 Å². The van der Waals surface area contributed by atoms with Gasteiger partial charge in [0.1, 0.15) is 0 Å². The van der Waals surface area contributed by atoms with Crippen LogP contribution in [0, 0.1) is 11.3 Å². The Hall–Kier alpha value is -5.23. The Labute approximate surface area is 277 Å². The van der Waals surface area contributed by atoms with Crippen LogP contribution in [-0.2, 0) is 22.8 Å². The van der Waals surface area contributed by atoms with E-state index in [-0.39, 0.29) is 10.8 Å². The number of nitrogens with two attached hydrogens (primary N) is 1. The predicted molar refractivity (Wildman–Crippen MR) is 191 cm³/mol. The van der Waals surface area contributed by atoms with Crippen molar-refractivity contribution < 1.29 is 0 Å². The van der Waals surface area contributed by atoms with Gasteiger partial charge in [0.25, 0.3) is 0 Å². The lowest BCUT2D eigenvalue weighted by Gasteiger charge is -2.46. The van der Waals surface area contributed by atoms with Crippen LogP contribution < -0.4 is 5.73 Å². The molecule has 2 N–H and O–H groups in total. The van der Waals surface area contributed by atoms with Crippen molar-refractivity contribution in [3.63, 3.8) is 0 Å². The Morgan fingerprint density at radius 2 is 1.06 bits per heavy atom. The average Bonchev–Trinajstić information content (AvgIpc) is 3.52. The summed E-state index contributed by atoms with van der Waals surface area (Å²) in [5.41, 5.74) is 25.7. The predicted octanol–water partition coefficient (Wildman–Crippen LogP) is 9.99. The minimum Gasteiger partial charge on any atom is -0.326 e. The monoisotopic (exact) mass is 604 g/mol. The summed E-state index contributed by atoms with van der Waals surface area (Å²) in [7, 11) is 0. The molecule has 0 aliphatic heterocycles. The Morgan fingerprint density at radius 1 is 0.511 bits per heavy atom. The van der Waals surface area contributed by atoms with Gasteiger partial charge >= 0.3 is 0 Å². The van der Waals surface area contributed by atoms with Gasteiger partial charge in [-0.3, -0.25) is 0 Å². The Balaban J connectivity index is 1.30. The van der Waals surface area contributed by atoms with Gasteiger partial charge in [0.05, 0.1) is 17.0 Å². The highest BCUT2D eigenvalue weighted by molar-refractivity contribution is 5.93. The topological polar surface area (TPSA) is 49.8 Å². The fourth-order valence-electron chi connectivity index (χ4n) is 9.37. The molecule has 0 atom stereocenters. The Kier molecular flexibility index (Phi) is 5.61. The molecule has 3 aliphatic carbocycles. The number of nitrogens with zero attached hydrogens (tertiary/aromatic N) is 1. The number of fused-ring (bicyclic) bond motifs is 12. The van der Waals surface area contributed by atoms with Crippen molar-refractivity contribution in [2.24, 2.45) is 5.73 Å². The molecular formula is C45H36N2. The fourth-order valence-corrected chi connectivity index (χ4v) is 9.37. The van der Waals surface area contributed by atoms with E-state index in [4.69, 9.17) is 5.73 Å². The summed E-state index contributed by atoms with van der Waals surface area (Å²) in [6, 6.07) is 47.4. The van der Waals surface area contributed by atoms with Crippen LogP contribution in [0.4, 0.5) is 0 Å². The van der Waals surface area contributed by atoms with E-state index in [0.29, 0.717) is 12.1 Å². The van der Waals surface area contributed by atoms with Crippen molar-refractivity contribution in [1.82, 2.24) is 0 Å². The molecule has 2 heteroatoms. The minimum atomic E-state index is -0.433. The summed E-state index contributed by atoms with van der Waals surface area (Å²) in [5.74, 6) is 0. The normalized spacial score (nSPS) is 16.3. The van der Waals surface area contributed by atoms with Crippen LogP contribution in [-0.4, -0.2) is 0 Å². The van der Waals surface area contributed by atoms with E-state index >= 15 is 0 Å². The largest absolute Gasteiger partial charge is 0.326 e. The molecule has 0 fully saturated rings. The first-order valence-electron chi connectivity index (χ1n) is 16.6. The zero-order valence-corrected chi connectivity index (χ0v) is 27.3. The molecule has 226 valence electrons. The maximum atomic E-state index is 9.60. The van der Waals surface area contributed by atoms with Crippen molar-refractivity contribution in [2.75, 3.05) is 0 Å². The molecule has 0 amide bonds. The highest BCUT2D eigenvalue weighted by Crippen LogP contribution is 2.63. The maximum Gasteiger partial charge on any atom is 0.0991 e. The fraction of sp³-hybridized carbons (Fsp3) is 0.178. The number of hydrogen-bond acceptors (Lipinski definition) is 2. The molecule has 47 heavy (non-hydrogen) atoms. The van der Waals surface area contributed by atoms with Gasteiger partial charge in [0.2, 0.25) is 0 Å². The van der Waals surface area contributed by atoms with Gasteiger partial charge in [0.15, 0.2) is 0 Å². The summed E-state index contributed by atoms with van der Waals surface area (Å²) >= 11 is 0. The SMILES string of the molecule is CC1(C)c2cc(C#N)ccc2-c2ccc(-c3ccc4c(c3)-c3c(CN)cccc3C43c4ccccc4C(C)(C)c4ccccc43)cc21. The van der Waals surface area contributed by atoms with Gasteiger partial charge in [0, 0.05) is 17.4 Å². The van der Waals surface area contributed by atoms with Crippen LogP contribution in [0.2, 0.25) is 0 Å². The van der Waals surface area contributed by atoms with Crippen molar-refractivity contribution in [3.05, 3.63) is 177 Å². The highest BCUT2D eigenvalue weighted by atomic mass is 14.6. The Morgan fingerprint density at radius 3 is 1.72 bits per heavy atom. The third-order valence-electron chi connectivity index (χ3n) is 11.6. The second-order valence-corrected chi connectivity index (χ2v) is 14.5. The van der Waals surface area contributed by atoms with Crippen molar-refractivity contribution in [2.45, 2.75) is 50.5 Å². The first-order valence-corrected chi connectivity index (χ1v) is 16.6. The van der Waals surface area contributed by atoms with Gasteiger partial charge in [-0.15, -0.1) is 0 Å². The molecule has 9 rings (SSSR count). The van der Waals surface area contributed by atoms with E-state index in [1.165, 1.54) is 83.5 Å². The van der Waals surface area contributed by atoms with Crippen LogP contribution >= 0.6 is 0 Å². The van der Waals surface area contributed by atoms with Gasteiger partial charge < -0.3 is 5.73 Å². The summed E-state index contributed by atoms with van der Waals surface area (Å²) in [4.78, 5) is 0. The standard InChI is InChI=1S/C45H36N2/c1-43(2)35-11-5-7-13-37(35)45(38-14-8-6-12-36(38)43)34-21-18-28(23-33(34)42-30(26-47)10-9-15-39(42)45)29-17-20-32-31-19-16-27(25-46)22-40(31)44(3,4)41(32)24-29/h5-24H,26,47H2,1-4H3. The highest BCUT2D eigenvalue weighted by Gasteiger charge is 2.53. The second-order valence-electron chi connectivity index (χ2n) is 14.5. The van der Waals surface area contributed by atoms with Crippen molar-refractivity contribution in [3.8, 4) is 39.4 Å². The van der Waals surface area contributed by atoms with E-state index in [0.717, 1.165) is 0 Å². The number of benzene rings is 6. The summed E-state index contributed by atoms with van der Waals surface area (Å²) in [5, 5.41) is 9.60.